The van der Waals surface area contributed by atoms with Crippen molar-refractivity contribution in [2.45, 2.75) is 46.7 Å². The summed E-state index contributed by atoms with van der Waals surface area (Å²) in [6, 6.07) is -0.122. The first kappa shape index (κ1) is 14.6. The second kappa shape index (κ2) is 6.07. The van der Waals surface area contributed by atoms with Gasteiger partial charge in [-0.1, -0.05) is 20.3 Å². The standard InChI is InChI=1S/C14H22N4O2/c1-4-9(2)5-6-15-14(20)18-7-11-12(8-18)16-10(3)17-13(11)19/h9H,4-8H2,1-3H3,(H,15,20)(H,16,17,19). The molecule has 110 valence electrons. The largest absolute Gasteiger partial charge is 0.338 e. The third-order valence-corrected chi connectivity index (χ3v) is 3.81. The molecule has 20 heavy (non-hydrogen) atoms. The smallest absolute Gasteiger partial charge is 0.318 e. The lowest BCUT2D eigenvalue weighted by molar-refractivity contribution is 0.197. The minimum Gasteiger partial charge on any atom is -0.338 e. The van der Waals surface area contributed by atoms with Crippen molar-refractivity contribution in [1.82, 2.24) is 20.2 Å². The molecule has 2 amide bonds. The van der Waals surface area contributed by atoms with E-state index in [1.165, 1.54) is 0 Å². The quantitative estimate of drug-likeness (QED) is 0.877. The van der Waals surface area contributed by atoms with Crippen LogP contribution in [0.25, 0.3) is 0 Å². The van der Waals surface area contributed by atoms with E-state index in [1.807, 2.05) is 0 Å². The van der Waals surface area contributed by atoms with Crippen LogP contribution in [0.1, 0.15) is 43.8 Å². The van der Waals surface area contributed by atoms with Crippen molar-refractivity contribution in [3.05, 3.63) is 27.4 Å². The molecule has 0 aliphatic carbocycles. The number of carbonyl (C=O) groups excluding carboxylic acids is 1. The molecule has 1 atom stereocenters. The molecule has 1 aliphatic rings. The molecule has 6 nitrogen and oxygen atoms in total. The molecule has 0 spiro atoms. The zero-order valence-electron chi connectivity index (χ0n) is 12.3. The van der Waals surface area contributed by atoms with E-state index in [0.29, 0.717) is 42.6 Å². The van der Waals surface area contributed by atoms with Crippen molar-refractivity contribution in [1.29, 1.82) is 0 Å². The van der Waals surface area contributed by atoms with E-state index in [0.717, 1.165) is 12.8 Å². The zero-order chi connectivity index (χ0) is 14.7. The van der Waals surface area contributed by atoms with Crippen molar-refractivity contribution in [3.63, 3.8) is 0 Å². The van der Waals surface area contributed by atoms with E-state index in [1.54, 1.807) is 11.8 Å². The van der Waals surface area contributed by atoms with Gasteiger partial charge in [0, 0.05) is 6.54 Å². The van der Waals surface area contributed by atoms with Crippen LogP contribution in [0.2, 0.25) is 0 Å². The van der Waals surface area contributed by atoms with Crippen LogP contribution < -0.4 is 10.9 Å². The summed E-state index contributed by atoms with van der Waals surface area (Å²) < 4.78 is 0. The van der Waals surface area contributed by atoms with E-state index < -0.39 is 0 Å². The molecule has 2 heterocycles. The van der Waals surface area contributed by atoms with Gasteiger partial charge < -0.3 is 15.2 Å². The number of carbonyl (C=O) groups is 1. The van der Waals surface area contributed by atoms with Gasteiger partial charge in [0.1, 0.15) is 5.82 Å². The molecule has 0 bridgehead atoms. The Morgan fingerprint density at radius 1 is 1.50 bits per heavy atom. The van der Waals surface area contributed by atoms with Crippen molar-refractivity contribution in [2.75, 3.05) is 6.54 Å². The van der Waals surface area contributed by atoms with Crippen LogP contribution in [0.3, 0.4) is 0 Å². The summed E-state index contributed by atoms with van der Waals surface area (Å²) in [5.74, 6) is 1.20. The van der Waals surface area contributed by atoms with E-state index in [2.05, 4.69) is 29.1 Å². The minimum atomic E-state index is -0.137. The highest BCUT2D eigenvalue weighted by Crippen LogP contribution is 2.17. The van der Waals surface area contributed by atoms with Gasteiger partial charge >= 0.3 is 6.03 Å². The molecule has 1 aromatic heterocycles. The molecule has 0 radical (unpaired) electrons. The number of amides is 2. The molecule has 1 unspecified atom stereocenters. The van der Waals surface area contributed by atoms with Gasteiger partial charge in [-0.3, -0.25) is 4.79 Å². The van der Waals surface area contributed by atoms with Gasteiger partial charge in [0.05, 0.1) is 24.3 Å². The highest BCUT2D eigenvalue weighted by atomic mass is 16.2. The molecule has 0 fully saturated rings. The maximum Gasteiger partial charge on any atom is 0.318 e. The predicted octanol–water partition coefficient (Wildman–Crippen LogP) is 1.54. The molecule has 1 aromatic rings. The fraction of sp³-hybridized carbons (Fsp3) is 0.643. The first-order chi connectivity index (χ1) is 9.51. The Hall–Kier alpha value is -1.85. The molecule has 2 rings (SSSR count). The maximum absolute atomic E-state index is 12.1. The van der Waals surface area contributed by atoms with Crippen LogP contribution in [0.4, 0.5) is 4.79 Å². The Morgan fingerprint density at radius 3 is 2.95 bits per heavy atom. The van der Waals surface area contributed by atoms with E-state index >= 15 is 0 Å². The van der Waals surface area contributed by atoms with E-state index in [9.17, 15) is 9.59 Å². The summed E-state index contributed by atoms with van der Waals surface area (Å²) in [6.07, 6.45) is 2.09. The molecule has 0 saturated heterocycles. The van der Waals surface area contributed by atoms with Crippen molar-refractivity contribution >= 4 is 6.03 Å². The highest BCUT2D eigenvalue weighted by Gasteiger charge is 2.26. The van der Waals surface area contributed by atoms with Crippen LogP contribution in [0.15, 0.2) is 4.79 Å². The molecular weight excluding hydrogens is 256 g/mol. The van der Waals surface area contributed by atoms with Crippen LogP contribution in [-0.2, 0) is 13.1 Å². The van der Waals surface area contributed by atoms with Crippen LogP contribution >= 0.6 is 0 Å². The number of nitrogens with one attached hydrogen (secondary N) is 2. The summed E-state index contributed by atoms with van der Waals surface area (Å²) in [4.78, 5) is 32.4. The fourth-order valence-electron chi connectivity index (χ4n) is 2.28. The number of H-pyrrole nitrogens is 1. The van der Waals surface area contributed by atoms with Crippen molar-refractivity contribution in [2.24, 2.45) is 5.92 Å². The van der Waals surface area contributed by atoms with Gasteiger partial charge in [-0.15, -0.1) is 0 Å². The number of aryl methyl sites for hydroxylation is 1. The Morgan fingerprint density at radius 2 is 2.25 bits per heavy atom. The summed E-state index contributed by atoms with van der Waals surface area (Å²) in [6.45, 7) is 7.48. The number of fused-ring (bicyclic) bond motifs is 1. The Labute approximate surface area is 118 Å². The average Bonchev–Trinajstić information content (AvgIpc) is 2.82. The lowest BCUT2D eigenvalue weighted by atomic mass is 10.1. The molecule has 1 aliphatic heterocycles. The third-order valence-electron chi connectivity index (χ3n) is 3.81. The topological polar surface area (TPSA) is 78.1 Å². The predicted molar refractivity (Wildman–Crippen MR) is 76.3 cm³/mol. The summed E-state index contributed by atoms with van der Waals surface area (Å²) >= 11 is 0. The number of hydrogen-bond donors (Lipinski definition) is 2. The molecular formula is C14H22N4O2. The molecule has 6 heteroatoms. The highest BCUT2D eigenvalue weighted by molar-refractivity contribution is 5.74. The monoisotopic (exact) mass is 278 g/mol. The Balaban J connectivity index is 1.92. The van der Waals surface area contributed by atoms with E-state index in [4.69, 9.17) is 0 Å². The molecule has 0 aromatic carbocycles. The summed E-state index contributed by atoms with van der Waals surface area (Å²) in [5.41, 5.74) is 1.18. The first-order valence-corrected chi connectivity index (χ1v) is 7.12. The van der Waals surface area contributed by atoms with Crippen LogP contribution in [0.5, 0.6) is 0 Å². The number of aromatic nitrogens is 2. The maximum atomic E-state index is 12.1. The van der Waals surface area contributed by atoms with Gasteiger partial charge in [0.2, 0.25) is 0 Å². The Bertz CT molecular complexity index is 553. The lowest BCUT2D eigenvalue weighted by Gasteiger charge is -2.17. The summed E-state index contributed by atoms with van der Waals surface area (Å²) in [7, 11) is 0. The van der Waals surface area contributed by atoms with Crippen molar-refractivity contribution in [3.8, 4) is 0 Å². The van der Waals surface area contributed by atoms with Gasteiger partial charge in [-0.05, 0) is 19.3 Å². The minimum absolute atomic E-state index is 0.122. The Kier molecular flexibility index (Phi) is 4.42. The molecule has 2 N–H and O–H groups in total. The lowest BCUT2D eigenvalue weighted by Crippen LogP contribution is -2.37. The third kappa shape index (κ3) is 3.18. The normalized spacial score (nSPS) is 15.1. The number of hydrogen-bond acceptors (Lipinski definition) is 3. The van der Waals surface area contributed by atoms with Crippen molar-refractivity contribution < 1.29 is 4.79 Å². The van der Waals surface area contributed by atoms with Gasteiger partial charge in [0.15, 0.2) is 0 Å². The number of urea groups is 1. The average molecular weight is 278 g/mol. The summed E-state index contributed by atoms with van der Waals surface area (Å²) in [5, 5.41) is 2.91. The zero-order valence-corrected chi connectivity index (χ0v) is 12.3. The van der Waals surface area contributed by atoms with Gasteiger partial charge in [-0.25, -0.2) is 9.78 Å². The molecule has 0 saturated carbocycles. The SMILES string of the molecule is CCC(C)CCNC(=O)N1Cc2nc(C)[nH]c(=O)c2C1. The second-order valence-corrected chi connectivity index (χ2v) is 5.47. The second-order valence-electron chi connectivity index (χ2n) is 5.47. The van der Waals surface area contributed by atoms with Gasteiger partial charge in [-0.2, -0.15) is 0 Å². The first-order valence-electron chi connectivity index (χ1n) is 7.12. The fourth-order valence-corrected chi connectivity index (χ4v) is 2.28. The number of aromatic amines is 1. The number of rotatable bonds is 4. The number of nitrogens with zero attached hydrogens (tertiary/aromatic N) is 2. The van der Waals surface area contributed by atoms with Gasteiger partial charge in [0.25, 0.3) is 5.56 Å². The van der Waals surface area contributed by atoms with Crippen LogP contribution in [0, 0.1) is 12.8 Å². The van der Waals surface area contributed by atoms with E-state index in [-0.39, 0.29) is 11.6 Å². The van der Waals surface area contributed by atoms with Crippen LogP contribution in [-0.4, -0.2) is 27.4 Å².